The van der Waals surface area contributed by atoms with Gasteiger partial charge < -0.3 is 7.43 Å². The first-order valence-corrected chi connectivity index (χ1v) is 3.39. The summed E-state index contributed by atoms with van der Waals surface area (Å²) in [6, 6.07) is 0. The topological polar surface area (TPSA) is 0 Å². The Bertz CT molecular complexity index is 46.5. The van der Waals surface area contributed by atoms with Gasteiger partial charge in [0, 0.05) is 17.4 Å². The van der Waals surface area contributed by atoms with E-state index in [0.717, 1.165) is 5.92 Å². The Morgan fingerprint density at radius 1 is 1.00 bits per heavy atom. The SMILES string of the molecule is CC1CCCCC1.[CH3-].[Cr]. The van der Waals surface area contributed by atoms with E-state index >= 15 is 0 Å². The first-order chi connectivity index (χ1) is 3.39. The molecule has 0 unspecified atom stereocenters. The Balaban J connectivity index is 0. The summed E-state index contributed by atoms with van der Waals surface area (Å²) in [7, 11) is 0. The predicted molar refractivity (Wildman–Crippen MR) is 38.7 cm³/mol. The minimum Gasteiger partial charge on any atom is -0.358 e. The Morgan fingerprint density at radius 2 is 1.44 bits per heavy atom. The van der Waals surface area contributed by atoms with Gasteiger partial charge in [0.05, 0.1) is 0 Å². The van der Waals surface area contributed by atoms with Gasteiger partial charge in [0.15, 0.2) is 0 Å². The molecule has 1 heteroatoms. The molecule has 0 atom stereocenters. The maximum Gasteiger partial charge on any atom is 0 e. The third kappa shape index (κ3) is 5.00. The second-order valence-corrected chi connectivity index (χ2v) is 2.74. The third-order valence-electron chi connectivity index (χ3n) is 1.89. The van der Waals surface area contributed by atoms with E-state index in [1.165, 1.54) is 32.1 Å². The van der Waals surface area contributed by atoms with Crippen molar-refractivity contribution in [2.75, 3.05) is 0 Å². The molecule has 0 aliphatic heterocycles. The van der Waals surface area contributed by atoms with Crippen LogP contribution in [0.1, 0.15) is 39.0 Å². The van der Waals surface area contributed by atoms with Gasteiger partial charge in [0.2, 0.25) is 0 Å². The van der Waals surface area contributed by atoms with Crippen molar-refractivity contribution in [3.05, 3.63) is 7.43 Å². The zero-order chi connectivity index (χ0) is 5.11. The molecule has 0 amide bonds. The van der Waals surface area contributed by atoms with Crippen molar-refractivity contribution in [2.24, 2.45) is 5.92 Å². The van der Waals surface area contributed by atoms with Crippen molar-refractivity contribution in [1.82, 2.24) is 0 Å². The number of rotatable bonds is 0. The quantitative estimate of drug-likeness (QED) is 0.484. The summed E-state index contributed by atoms with van der Waals surface area (Å²) in [4.78, 5) is 0. The summed E-state index contributed by atoms with van der Waals surface area (Å²) in [5.41, 5.74) is 0. The summed E-state index contributed by atoms with van der Waals surface area (Å²) in [5.74, 6) is 1.04. The minimum absolute atomic E-state index is 0. The van der Waals surface area contributed by atoms with E-state index in [9.17, 15) is 0 Å². The van der Waals surface area contributed by atoms with Gasteiger partial charge in [-0.25, -0.2) is 0 Å². The van der Waals surface area contributed by atoms with Gasteiger partial charge >= 0.3 is 0 Å². The van der Waals surface area contributed by atoms with E-state index in [0.29, 0.717) is 0 Å². The van der Waals surface area contributed by atoms with Gasteiger partial charge in [0.1, 0.15) is 0 Å². The average Bonchev–Trinajstić information content (AvgIpc) is 1.69. The fourth-order valence-electron chi connectivity index (χ4n) is 1.31. The van der Waals surface area contributed by atoms with Gasteiger partial charge in [-0.05, 0) is 5.92 Å². The monoisotopic (exact) mass is 165 g/mol. The maximum atomic E-state index is 2.36. The van der Waals surface area contributed by atoms with Gasteiger partial charge in [-0.1, -0.05) is 39.0 Å². The van der Waals surface area contributed by atoms with Crippen LogP contribution in [0.5, 0.6) is 0 Å². The maximum absolute atomic E-state index is 2.36. The van der Waals surface area contributed by atoms with Crippen LogP contribution in [0.15, 0.2) is 0 Å². The van der Waals surface area contributed by atoms with E-state index in [2.05, 4.69) is 6.92 Å². The van der Waals surface area contributed by atoms with Crippen molar-refractivity contribution in [1.29, 1.82) is 0 Å². The van der Waals surface area contributed by atoms with Crippen LogP contribution in [0, 0.1) is 13.3 Å². The molecule has 0 heterocycles. The molecular weight excluding hydrogens is 148 g/mol. The fraction of sp³-hybridized carbons (Fsp3) is 0.875. The van der Waals surface area contributed by atoms with Crippen molar-refractivity contribution in [3.8, 4) is 0 Å². The van der Waals surface area contributed by atoms with Crippen LogP contribution in [-0.4, -0.2) is 0 Å². The first kappa shape index (κ1) is 12.2. The normalized spacial score (nSPS) is 19.7. The molecule has 56 valence electrons. The van der Waals surface area contributed by atoms with Crippen molar-refractivity contribution < 1.29 is 17.4 Å². The molecule has 1 fully saturated rings. The molecule has 9 heavy (non-hydrogen) atoms. The predicted octanol–water partition coefficient (Wildman–Crippen LogP) is 3.03. The second kappa shape index (κ2) is 6.65. The smallest absolute Gasteiger partial charge is 0 e. The van der Waals surface area contributed by atoms with Gasteiger partial charge in [-0.15, -0.1) is 0 Å². The fourth-order valence-corrected chi connectivity index (χ4v) is 1.31. The van der Waals surface area contributed by atoms with Crippen LogP contribution in [0.2, 0.25) is 0 Å². The Labute approximate surface area is 70.2 Å². The molecular formula is C8H17Cr-. The number of hydrogen-bond acceptors (Lipinski definition) is 0. The molecule has 0 spiro atoms. The molecule has 1 aliphatic carbocycles. The molecule has 0 radical (unpaired) electrons. The van der Waals surface area contributed by atoms with Crippen LogP contribution < -0.4 is 0 Å². The molecule has 1 aliphatic rings. The zero-order valence-corrected chi connectivity index (χ0v) is 7.80. The van der Waals surface area contributed by atoms with Crippen LogP contribution in [-0.2, 0) is 17.4 Å². The zero-order valence-electron chi connectivity index (χ0n) is 6.52. The Hall–Kier alpha value is 0.532. The Kier molecular flexibility index (Phi) is 9.04. The van der Waals surface area contributed by atoms with E-state index in [-0.39, 0.29) is 24.8 Å². The number of hydrogen-bond donors (Lipinski definition) is 0. The van der Waals surface area contributed by atoms with Gasteiger partial charge in [0.25, 0.3) is 0 Å². The van der Waals surface area contributed by atoms with Crippen molar-refractivity contribution in [3.63, 3.8) is 0 Å². The minimum atomic E-state index is 0. The van der Waals surface area contributed by atoms with Crippen LogP contribution >= 0.6 is 0 Å². The summed E-state index contributed by atoms with van der Waals surface area (Å²) >= 11 is 0. The first-order valence-electron chi connectivity index (χ1n) is 3.39. The van der Waals surface area contributed by atoms with E-state index in [1.807, 2.05) is 0 Å². The summed E-state index contributed by atoms with van der Waals surface area (Å²) in [6.07, 6.45) is 7.44. The van der Waals surface area contributed by atoms with E-state index in [1.54, 1.807) is 0 Å². The Morgan fingerprint density at radius 3 is 1.67 bits per heavy atom. The summed E-state index contributed by atoms with van der Waals surface area (Å²) < 4.78 is 0. The molecule has 0 saturated heterocycles. The second-order valence-electron chi connectivity index (χ2n) is 2.74. The average molecular weight is 165 g/mol. The molecule has 0 aromatic carbocycles. The summed E-state index contributed by atoms with van der Waals surface area (Å²) in [6.45, 7) is 2.36. The van der Waals surface area contributed by atoms with Gasteiger partial charge in [-0.2, -0.15) is 0 Å². The largest absolute Gasteiger partial charge is 0.358 e. The summed E-state index contributed by atoms with van der Waals surface area (Å²) in [5, 5.41) is 0. The molecule has 1 rings (SSSR count). The third-order valence-corrected chi connectivity index (χ3v) is 1.89. The molecule has 0 aromatic heterocycles. The standard InChI is InChI=1S/C7H14.CH3.Cr/c1-7-5-3-2-4-6-7;;/h7H,2-6H2,1H3;1H3;/q;-1;. The molecule has 0 aromatic rings. The molecule has 0 nitrogen and oxygen atoms in total. The van der Waals surface area contributed by atoms with Crippen LogP contribution in [0.25, 0.3) is 0 Å². The van der Waals surface area contributed by atoms with E-state index < -0.39 is 0 Å². The molecule has 0 N–H and O–H groups in total. The van der Waals surface area contributed by atoms with Gasteiger partial charge in [-0.3, -0.25) is 0 Å². The molecule has 1 saturated carbocycles. The van der Waals surface area contributed by atoms with E-state index in [4.69, 9.17) is 0 Å². The van der Waals surface area contributed by atoms with Crippen LogP contribution in [0.3, 0.4) is 0 Å². The van der Waals surface area contributed by atoms with Crippen molar-refractivity contribution in [2.45, 2.75) is 39.0 Å². The molecule has 0 bridgehead atoms. The van der Waals surface area contributed by atoms with Crippen LogP contribution in [0.4, 0.5) is 0 Å². The van der Waals surface area contributed by atoms with Crippen molar-refractivity contribution >= 4 is 0 Å².